The normalized spacial score (nSPS) is 18.4. The maximum absolute atomic E-state index is 14.6. The van der Waals surface area contributed by atoms with Crippen molar-refractivity contribution in [3.8, 4) is 11.5 Å². The second-order valence-electron chi connectivity index (χ2n) is 9.02. The van der Waals surface area contributed by atoms with Crippen molar-refractivity contribution in [2.45, 2.75) is 37.6 Å². The Kier molecular flexibility index (Phi) is 11.9. The van der Waals surface area contributed by atoms with Gasteiger partial charge < -0.3 is 34.6 Å². The fraction of sp³-hybridized carbons (Fsp3) is 0.393. The van der Waals surface area contributed by atoms with E-state index in [0.717, 1.165) is 0 Å². The van der Waals surface area contributed by atoms with Gasteiger partial charge in [0.05, 0.1) is 36.4 Å². The summed E-state index contributed by atoms with van der Waals surface area (Å²) in [5.74, 6) is -0.963. The van der Waals surface area contributed by atoms with E-state index in [-0.39, 0.29) is 61.8 Å². The molecule has 3 rings (SSSR count). The summed E-state index contributed by atoms with van der Waals surface area (Å²) in [4.78, 5) is 39.0. The molecule has 2 aromatic carbocycles. The van der Waals surface area contributed by atoms with Crippen LogP contribution < -0.4 is 14.8 Å². The molecule has 0 unspecified atom stereocenters. The van der Waals surface area contributed by atoms with Crippen molar-refractivity contribution < 1.29 is 43.2 Å². The topological polar surface area (TPSA) is 135 Å². The van der Waals surface area contributed by atoms with E-state index in [2.05, 4.69) is 5.32 Å². The Morgan fingerprint density at radius 3 is 2.65 bits per heavy atom. The molecule has 216 valence electrons. The van der Waals surface area contributed by atoms with Gasteiger partial charge in [0.25, 0.3) is 0 Å². The Balaban J connectivity index is 2.05. The van der Waals surface area contributed by atoms with Crippen LogP contribution in [0.4, 0.5) is 4.39 Å². The summed E-state index contributed by atoms with van der Waals surface area (Å²) in [7, 11) is 2.85. The maximum Gasteiger partial charge on any atom is 0.247 e. The number of amides is 2. The number of rotatable bonds is 13. The molecule has 0 fully saturated rings. The van der Waals surface area contributed by atoms with Crippen LogP contribution in [0.1, 0.15) is 28.8 Å². The number of aldehydes is 1. The van der Waals surface area contributed by atoms with E-state index in [1.807, 2.05) is 22.6 Å². The second-order valence-corrected chi connectivity index (χ2v) is 10.2. The third-order valence-corrected chi connectivity index (χ3v) is 7.20. The number of carbonyl (C=O) groups excluding carboxylic acids is 3. The van der Waals surface area contributed by atoms with Crippen LogP contribution in [0.5, 0.6) is 11.5 Å². The number of ether oxygens (including phenoxy) is 3. The minimum atomic E-state index is -1.33. The highest BCUT2D eigenvalue weighted by molar-refractivity contribution is 14.1. The monoisotopic (exact) mass is 670 g/mol. The molecule has 3 atom stereocenters. The summed E-state index contributed by atoms with van der Waals surface area (Å²) >= 11 is 1.97. The van der Waals surface area contributed by atoms with Crippen molar-refractivity contribution in [2.24, 2.45) is 0 Å². The Labute approximate surface area is 245 Å². The molecule has 0 radical (unpaired) electrons. The number of hydrogen-bond acceptors (Lipinski definition) is 8. The third kappa shape index (κ3) is 7.77. The number of nitrogens with zero attached hydrogens (tertiary/aromatic N) is 1. The molecular formula is C28H32FIN2O8. The highest BCUT2D eigenvalue weighted by Gasteiger charge is 2.41. The molecule has 2 amide bonds. The lowest BCUT2D eigenvalue weighted by Gasteiger charge is -2.40. The predicted octanol–water partition coefficient (Wildman–Crippen LogP) is 2.23. The fourth-order valence-electron chi connectivity index (χ4n) is 4.37. The summed E-state index contributed by atoms with van der Waals surface area (Å²) in [6, 6.07) is 8.08. The van der Waals surface area contributed by atoms with Crippen molar-refractivity contribution in [1.29, 1.82) is 0 Å². The number of methoxy groups -OCH3 is 2. The molecule has 10 nitrogen and oxygen atoms in total. The van der Waals surface area contributed by atoms with Crippen LogP contribution in [0.25, 0.3) is 0 Å². The standard InChI is InChI=1S/C28H32FIN2O8/c1-38-10-7-25(35)32(15-18-5-3-4-6-20(18)29)22-13-19(28(37)31-8-9-33)14-23(26(22)36)40-27-21(30)11-17(16-34)12-24(27)39-2/h3-6,11-12,14,16,22-23,26,33,36H,7-10,13,15H2,1-2H3,(H,31,37)/t22-,23+,26+/m1/s1. The van der Waals surface area contributed by atoms with E-state index in [1.54, 1.807) is 18.2 Å². The average molecular weight is 670 g/mol. The molecule has 0 aromatic heterocycles. The van der Waals surface area contributed by atoms with Crippen molar-refractivity contribution >= 4 is 40.7 Å². The van der Waals surface area contributed by atoms with Crippen LogP contribution in [-0.2, 0) is 20.9 Å². The van der Waals surface area contributed by atoms with Crippen LogP contribution in [0.2, 0.25) is 0 Å². The van der Waals surface area contributed by atoms with E-state index in [4.69, 9.17) is 14.2 Å². The molecule has 2 aromatic rings. The second kappa shape index (κ2) is 15.1. The van der Waals surface area contributed by atoms with Gasteiger partial charge in [-0.15, -0.1) is 0 Å². The molecular weight excluding hydrogens is 638 g/mol. The molecule has 40 heavy (non-hydrogen) atoms. The first-order valence-electron chi connectivity index (χ1n) is 12.5. The highest BCUT2D eigenvalue weighted by atomic mass is 127. The predicted molar refractivity (Wildman–Crippen MR) is 152 cm³/mol. The SMILES string of the molecule is COCCC(=O)N(Cc1ccccc1F)[C@@H]1CC(C(=O)NCCO)=C[C@H](Oc2c(I)cc(C=O)cc2OC)[C@H]1O. The summed E-state index contributed by atoms with van der Waals surface area (Å²) in [5, 5.41) is 23.3. The Bertz CT molecular complexity index is 1240. The van der Waals surface area contributed by atoms with E-state index >= 15 is 0 Å². The molecule has 0 spiro atoms. The summed E-state index contributed by atoms with van der Waals surface area (Å²) in [6.07, 6.45) is -0.429. The van der Waals surface area contributed by atoms with E-state index < -0.39 is 35.9 Å². The third-order valence-electron chi connectivity index (χ3n) is 6.40. The first kappa shape index (κ1) is 31.5. The van der Waals surface area contributed by atoms with Gasteiger partial charge in [-0.25, -0.2) is 4.39 Å². The first-order valence-corrected chi connectivity index (χ1v) is 13.6. The Hall–Kier alpha value is -3.07. The number of nitrogens with one attached hydrogen (secondary N) is 1. The van der Waals surface area contributed by atoms with Crippen molar-refractivity contribution in [3.63, 3.8) is 0 Å². The molecule has 12 heteroatoms. The summed E-state index contributed by atoms with van der Waals surface area (Å²) in [6.45, 7) is -0.338. The number of hydrogen-bond donors (Lipinski definition) is 3. The molecule has 0 bridgehead atoms. The zero-order valence-corrected chi connectivity index (χ0v) is 24.3. The summed E-state index contributed by atoms with van der Waals surface area (Å²) < 4.78 is 31.8. The molecule has 0 saturated heterocycles. The van der Waals surface area contributed by atoms with Gasteiger partial charge in [0.2, 0.25) is 11.8 Å². The fourth-order valence-corrected chi connectivity index (χ4v) is 5.12. The van der Waals surface area contributed by atoms with Gasteiger partial charge in [-0.2, -0.15) is 0 Å². The smallest absolute Gasteiger partial charge is 0.247 e. The number of aliphatic hydroxyl groups excluding tert-OH is 2. The number of halogens is 2. The molecule has 3 N–H and O–H groups in total. The molecule has 1 aliphatic carbocycles. The van der Waals surface area contributed by atoms with Gasteiger partial charge in [0.1, 0.15) is 24.3 Å². The van der Waals surface area contributed by atoms with Gasteiger partial charge in [0, 0.05) is 43.3 Å². The molecule has 1 aliphatic rings. The minimum absolute atomic E-state index is 0.000490. The van der Waals surface area contributed by atoms with E-state index in [9.17, 15) is 29.0 Å². The molecule has 0 saturated carbocycles. The van der Waals surface area contributed by atoms with Crippen LogP contribution in [0, 0.1) is 9.39 Å². The Morgan fingerprint density at radius 2 is 2.00 bits per heavy atom. The lowest BCUT2D eigenvalue weighted by molar-refractivity contribution is -0.140. The molecule has 0 aliphatic heterocycles. The quantitative estimate of drug-likeness (QED) is 0.218. The van der Waals surface area contributed by atoms with Crippen LogP contribution >= 0.6 is 22.6 Å². The van der Waals surface area contributed by atoms with Crippen molar-refractivity contribution in [3.05, 3.63) is 68.6 Å². The zero-order chi connectivity index (χ0) is 29.2. The average Bonchev–Trinajstić information content (AvgIpc) is 2.96. The van der Waals surface area contributed by atoms with Gasteiger partial charge in [-0.3, -0.25) is 14.4 Å². The highest BCUT2D eigenvalue weighted by Crippen LogP contribution is 2.37. The minimum Gasteiger partial charge on any atom is -0.493 e. The van der Waals surface area contributed by atoms with Crippen LogP contribution in [0.15, 0.2) is 48.0 Å². The molecule has 0 heterocycles. The number of aliphatic hydroxyl groups is 2. The van der Waals surface area contributed by atoms with Crippen molar-refractivity contribution in [1.82, 2.24) is 10.2 Å². The number of carbonyl (C=O) groups is 3. The van der Waals surface area contributed by atoms with Gasteiger partial charge in [-0.05, 0) is 46.9 Å². The lowest BCUT2D eigenvalue weighted by atomic mass is 9.87. The maximum atomic E-state index is 14.6. The number of benzene rings is 2. The first-order chi connectivity index (χ1) is 19.2. The van der Waals surface area contributed by atoms with Crippen LogP contribution in [-0.4, -0.2) is 85.4 Å². The van der Waals surface area contributed by atoms with Crippen molar-refractivity contribution in [2.75, 3.05) is 34.0 Å². The van der Waals surface area contributed by atoms with Gasteiger partial charge in [-0.1, -0.05) is 18.2 Å². The van der Waals surface area contributed by atoms with Gasteiger partial charge in [0.15, 0.2) is 11.5 Å². The zero-order valence-electron chi connectivity index (χ0n) is 22.1. The van der Waals surface area contributed by atoms with E-state index in [0.29, 0.717) is 15.4 Å². The van der Waals surface area contributed by atoms with E-state index in [1.165, 1.54) is 43.4 Å². The largest absolute Gasteiger partial charge is 0.493 e. The summed E-state index contributed by atoms with van der Waals surface area (Å²) in [5.41, 5.74) is 0.805. The van der Waals surface area contributed by atoms with Crippen LogP contribution in [0.3, 0.4) is 0 Å². The van der Waals surface area contributed by atoms with Gasteiger partial charge >= 0.3 is 0 Å². The lowest BCUT2D eigenvalue weighted by Crippen LogP contribution is -2.55. The Morgan fingerprint density at radius 1 is 1.25 bits per heavy atom.